The van der Waals surface area contributed by atoms with E-state index in [9.17, 15) is 14.7 Å². The molecule has 2 saturated heterocycles. The van der Waals surface area contributed by atoms with Gasteiger partial charge in [-0.3, -0.25) is 15.0 Å². The summed E-state index contributed by atoms with van der Waals surface area (Å²) in [4.78, 5) is 25.0. The molecule has 3 N–H and O–H groups in total. The van der Waals surface area contributed by atoms with Gasteiger partial charge >= 0.3 is 6.03 Å². The van der Waals surface area contributed by atoms with E-state index < -0.39 is 24.5 Å². The van der Waals surface area contributed by atoms with E-state index in [1.165, 1.54) is 4.90 Å². The molecule has 0 aromatic rings. The first-order valence-corrected chi connectivity index (χ1v) is 6.50. The maximum absolute atomic E-state index is 11.8. The molecule has 0 spiro atoms. The highest BCUT2D eigenvalue weighted by atomic mass is 16.5. The number of nitrogens with one attached hydrogen (secondary N) is 1. The largest absolute Gasteiger partial charge is 0.394 e. The van der Waals surface area contributed by atoms with Crippen molar-refractivity contribution >= 4 is 11.9 Å². The van der Waals surface area contributed by atoms with E-state index in [-0.39, 0.29) is 37.3 Å². The van der Waals surface area contributed by atoms with Crippen molar-refractivity contribution in [2.75, 3.05) is 13.2 Å². The number of rotatable bonds is 3. The van der Waals surface area contributed by atoms with Gasteiger partial charge in [0.25, 0.3) is 0 Å². The van der Waals surface area contributed by atoms with Gasteiger partial charge in [-0.25, -0.2) is 4.79 Å². The Hall–Kier alpha value is -1.18. The smallest absolute Gasteiger partial charge is 0.326 e. The summed E-state index contributed by atoms with van der Waals surface area (Å²) in [6.07, 6.45) is -1.81. The Morgan fingerprint density at radius 1 is 1.47 bits per heavy atom. The minimum Gasteiger partial charge on any atom is -0.394 e. The topological polar surface area (TPSA) is 99.1 Å². The number of aliphatic hydroxyl groups excluding tert-OH is 2. The molecule has 2 rings (SSSR count). The quantitative estimate of drug-likeness (QED) is 0.629. The summed E-state index contributed by atoms with van der Waals surface area (Å²) in [5.74, 6) is -0.448. The lowest BCUT2D eigenvalue weighted by molar-refractivity contribution is -0.131. The third kappa shape index (κ3) is 2.72. The van der Waals surface area contributed by atoms with Crippen LogP contribution in [-0.2, 0) is 9.53 Å². The van der Waals surface area contributed by atoms with Gasteiger partial charge < -0.3 is 14.9 Å². The van der Waals surface area contributed by atoms with Crippen molar-refractivity contribution < 1.29 is 24.5 Å². The summed E-state index contributed by atoms with van der Waals surface area (Å²) in [5.41, 5.74) is 0. The average Bonchev–Trinajstić information content (AvgIpc) is 2.69. The first-order chi connectivity index (χ1) is 8.93. The zero-order chi connectivity index (χ0) is 14.2. The fraction of sp³-hybridized carbons (Fsp3) is 0.833. The third-order valence-electron chi connectivity index (χ3n) is 3.76. The van der Waals surface area contributed by atoms with Crippen molar-refractivity contribution in [1.82, 2.24) is 10.2 Å². The molecule has 0 aromatic heterocycles. The van der Waals surface area contributed by atoms with Gasteiger partial charge in [-0.1, -0.05) is 13.8 Å². The van der Waals surface area contributed by atoms with Crippen LogP contribution in [0.3, 0.4) is 0 Å². The van der Waals surface area contributed by atoms with E-state index in [0.29, 0.717) is 0 Å². The first-order valence-electron chi connectivity index (χ1n) is 6.50. The predicted octanol–water partition coefficient (Wildman–Crippen LogP) is -0.721. The highest BCUT2D eigenvalue weighted by Crippen LogP contribution is 2.27. The number of ether oxygens (including phenoxy) is 1. The monoisotopic (exact) mass is 272 g/mol. The molecular formula is C12H20N2O5. The molecule has 2 fully saturated rings. The number of carbonyl (C=O) groups is 2. The third-order valence-corrected chi connectivity index (χ3v) is 3.76. The second-order valence-corrected chi connectivity index (χ2v) is 5.41. The lowest BCUT2D eigenvalue weighted by Crippen LogP contribution is -2.58. The van der Waals surface area contributed by atoms with Crippen molar-refractivity contribution in [2.45, 2.75) is 38.7 Å². The minimum absolute atomic E-state index is 0.107. The summed E-state index contributed by atoms with van der Waals surface area (Å²) >= 11 is 0. The zero-order valence-corrected chi connectivity index (χ0v) is 11.1. The Morgan fingerprint density at radius 2 is 2.16 bits per heavy atom. The number of amides is 3. The van der Waals surface area contributed by atoms with Crippen LogP contribution in [0.5, 0.6) is 0 Å². The molecule has 2 aliphatic rings. The van der Waals surface area contributed by atoms with Crippen molar-refractivity contribution in [1.29, 1.82) is 0 Å². The van der Waals surface area contributed by atoms with Crippen LogP contribution in [0.15, 0.2) is 0 Å². The molecule has 19 heavy (non-hydrogen) atoms. The molecule has 0 aromatic carbocycles. The number of carbonyl (C=O) groups excluding carboxylic acids is 2. The molecule has 0 aliphatic carbocycles. The number of hydrogen-bond donors (Lipinski definition) is 3. The summed E-state index contributed by atoms with van der Waals surface area (Å²) in [7, 11) is 0. The van der Waals surface area contributed by atoms with Crippen LogP contribution in [0, 0.1) is 11.8 Å². The van der Waals surface area contributed by atoms with E-state index in [1.54, 1.807) is 0 Å². The highest BCUT2D eigenvalue weighted by Gasteiger charge is 2.43. The van der Waals surface area contributed by atoms with Gasteiger partial charge in [-0.2, -0.15) is 0 Å². The van der Waals surface area contributed by atoms with Gasteiger partial charge in [0.1, 0.15) is 12.3 Å². The highest BCUT2D eigenvalue weighted by molar-refractivity contribution is 5.98. The summed E-state index contributed by atoms with van der Waals surface area (Å²) in [5, 5.41) is 21.0. The second kappa shape index (κ2) is 5.44. The average molecular weight is 272 g/mol. The standard InChI is InChI=1S/C12H20N2O5/c1-6(2)7-4-14(12(18)13-11(7)17)10-3-8(16)9(5-15)19-10/h6-10,15-16H,3-5H2,1-2H3,(H,13,17,18). The van der Waals surface area contributed by atoms with Crippen molar-refractivity contribution in [3.63, 3.8) is 0 Å². The number of imide groups is 1. The number of hydrogen-bond acceptors (Lipinski definition) is 5. The molecule has 0 radical (unpaired) electrons. The number of urea groups is 1. The van der Waals surface area contributed by atoms with Crippen LogP contribution in [0.2, 0.25) is 0 Å². The van der Waals surface area contributed by atoms with E-state index >= 15 is 0 Å². The van der Waals surface area contributed by atoms with Crippen molar-refractivity contribution in [2.24, 2.45) is 11.8 Å². The van der Waals surface area contributed by atoms with E-state index in [4.69, 9.17) is 9.84 Å². The van der Waals surface area contributed by atoms with Crippen LogP contribution >= 0.6 is 0 Å². The van der Waals surface area contributed by atoms with Gasteiger partial charge in [-0.15, -0.1) is 0 Å². The fourth-order valence-corrected chi connectivity index (χ4v) is 2.48. The Balaban J connectivity index is 2.07. The van der Waals surface area contributed by atoms with Gasteiger partial charge in [-0.05, 0) is 5.92 Å². The Kier molecular flexibility index (Phi) is 4.07. The van der Waals surface area contributed by atoms with E-state index in [0.717, 1.165) is 0 Å². The minimum atomic E-state index is -0.794. The Morgan fingerprint density at radius 3 is 2.68 bits per heavy atom. The molecule has 0 saturated carbocycles. The maximum atomic E-state index is 11.8. The lowest BCUT2D eigenvalue weighted by atomic mass is 9.93. The molecule has 4 unspecified atom stereocenters. The molecule has 7 heteroatoms. The molecule has 0 bridgehead atoms. The molecule has 3 amide bonds. The van der Waals surface area contributed by atoms with Gasteiger partial charge in [0.2, 0.25) is 5.91 Å². The van der Waals surface area contributed by atoms with Crippen LogP contribution < -0.4 is 5.32 Å². The van der Waals surface area contributed by atoms with E-state index in [1.807, 2.05) is 13.8 Å². The molecular weight excluding hydrogens is 252 g/mol. The zero-order valence-electron chi connectivity index (χ0n) is 11.1. The SMILES string of the molecule is CC(C)C1CN(C2CC(O)C(CO)O2)C(=O)NC1=O. The summed E-state index contributed by atoms with van der Waals surface area (Å²) < 4.78 is 5.45. The second-order valence-electron chi connectivity index (χ2n) is 5.41. The molecule has 4 atom stereocenters. The Bertz CT molecular complexity index is 373. The van der Waals surface area contributed by atoms with Crippen molar-refractivity contribution in [3.05, 3.63) is 0 Å². The molecule has 108 valence electrons. The summed E-state index contributed by atoms with van der Waals surface area (Å²) in [6, 6.07) is -0.502. The molecule has 2 aliphatic heterocycles. The van der Waals surface area contributed by atoms with Gasteiger partial charge in [0.15, 0.2) is 0 Å². The van der Waals surface area contributed by atoms with Crippen LogP contribution in [0.25, 0.3) is 0 Å². The van der Waals surface area contributed by atoms with Gasteiger partial charge in [0, 0.05) is 13.0 Å². The predicted molar refractivity (Wildman–Crippen MR) is 64.9 cm³/mol. The Labute approximate surface area is 111 Å². The van der Waals surface area contributed by atoms with Gasteiger partial charge in [0.05, 0.1) is 18.6 Å². The molecule has 7 nitrogen and oxygen atoms in total. The summed E-state index contributed by atoms with van der Waals surface area (Å²) in [6.45, 7) is 3.82. The normalized spacial score (nSPS) is 35.9. The number of nitrogens with zero attached hydrogens (tertiary/aromatic N) is 1. The van der Waals surface area contributed by atoms with E-state index in [2.05, 4.69) is 5.32 Å². The molecule has 2 heterocycles. The number of aliphatic hydroxyl groups is 2. The lowest BCUT2D eigenvalue weighted by Gasteiger charge is -2.36. The van der Waals surface area contributed by atoms with Crippen LogP contribution in [0.1, 0.15) is 20.3 Å². The van der Waals surface area contributed by atoms with Crippen LogP contribution in [0.4, 0.5) is 4.79 Å². The van der Waals surface area contributed by atoms with Crippen LogP contribution in [-0.4, -0.2) is 58.6 Å². The first kappa shape index (κ1) is 14.2. The maximum Gasteiger partial charge on any atom is 0.326 e. The van der Waals surface area contributed by atoms with Crippen molar-refractivity contribution in [3.8, 4) is 0 Å². The fourth-order valence-electron chi connectivity index (χ4n) is 2.48.